The maximum absolute atomic E-state index is 13.8. The van der Waals surface area contributed by atoms with Gasteiger partial charge in [-0.05, 0) is 48.7 Å². The molecule has 3 atom stereocenters. The first-order valence-electron chi connectivity index (χ1n) is 14.6. The zero-order valence-corrected chi connectivity index (χ0v) is 25.0. The van der Waals surface area contributed by atoms with Crippen molar-refractivity contribution in [2.45, 2.75) is 26.0 Å². The molecular formula is C34H37N5O5. The summed E-state index contributed by atoms with van der Waals surface area (Å²) in [4.78, 5) is 42.9. The Morgan fingerprint density at radius 3 is 2.45 bits per heavy atom. The van der Waals surface area contributed by atoms with Crippen LogP contribution in [-0.2, 0) is 0 Å². The highest BCUT2D eigenvalue weighted by molar-refractivity contribution is 6.07. The molecule has 4 aromatic rings. The van der Waals surface area contributed by atoms with E-state index < -0.39 is 18.2 Å². The molecule has 1 aliphatic rings. The highest BCUT2D eigenvalue weighted by Crippen LogP contribution is 2.31. The van der Waals surface area contributed by atoms with Gasteiger partial charge in [0.15, 0.2) is 0 Å². The Bertz CT molecular complexity index is 1640. The van der Waals surface area contributed by atoms with Gasteiger partial charge in [0.1, 0.15) is 11.9 Å². The van der Waals surface area contributed by atoms with Gasteiger partial charge in [-0.25, -0.2) is 9.59 Å². The molecule has 0 fully saturated rings. The lowest BCUT2D eigenvalue weighted by Gasteiger charge is -2.38. The highest BCUT2D eigenvalue weighted by Gasteiger charge is 2.34. The van der Waals surface area contributed by atoms with Crippen molar-refractivity contribution in [3.8, 4) is 5.75 Å². The van der Waals surface area contributed by atoms with Crippen molar-refractivity contribution in [3.05, 3.63) is 96.6 Å². The number of aliphatic hydroxyl groups is 1. The van der Waals surface area contributed by atoms with E-state index in [0.29, 0.717) is 29.4 Å². The van der Waals surface area contributed by atoms with Gasteiger partial charge in [-0.15, -0.1) is 0 Å². The van der Waals surface area contributed by atoms with Gasteiger partial charge >= 0.3 is 12.1 Å². The van der Waals surface area contributed by atoms with Gasteiger partial charge in [-0.3, -0.25) is 4.79 Å². The van der Waals surface area contributed by atoms with Crippen molar-refractivity contribution in [3.63, 3.8) is 0 Å². The molecule has 0 saturated carbocycles. The van der Waals surface area contributed by atoms with Crippen LogP contribution in [0.4, 0.5) is 26.7 Å². The number of nitrogens with zero attached hydrogens (tertiary/aromatic N) is 2. The van der Waals surface area contributed by atoms with E-state index in [-0.39, 0.29) is 36.6 Å². The zero-order valence-electron chi connectivity index (χ0n) is 25.0. The third-order valence-corrected chi connectivity index (χ3v) is 7.79. The number of fused-ring (bicyclic) bond motifs is 2. The molecule has 0 aromatic heterocycles. The number of para-hydroxylation sites is 1. The van der Waals surface area contributed by atoms with E-state index in [1.165, 1.54) is 0 Å². The SMILES string of the molecule is C[C@@H]1CN([C@H](C)CO)C(=O)c2cc(NC(=O)Nc3cccc4ccccc34)ccc2O[C@@H]1CN(C)C(=O)Nc1ccccc1. The van der Waals surface area contributed by atoms with E-state index in [0.717, 1.165) is 10.8 Å². The summed E-state index contributed by atoms with van der Waals surface area (Å²) in [6, 6.07) is 26.3. The lowest BCUT2D eigenvalue weighted by molar-refractivity contribution is 0.0371. The predicted octanol–water partition coefficient (Wildman–Crippen LogP) is 5.87. The van der Waals surface area contributed by atoms with E-state index in [2.05, 4.69) is 16.0 Å². The highest BCUT2D eigenvalue weighted by atomic mass is 16.5. The average molecular weight is 596 g/mol. The Balaban J connectivity index is 1.36. The van der Waals surface area contributed by atoms with Gasteiger partial charge in [0.25, 0.3) is 5.91 Å². The van der Waals surface area contributed by atoms with E-state index in [1.807, 2.05) is 79.7 Å². The molecule has 0 bridgehead atoms. The first-order chi connectivity index (χ1) is 21.2. The third kappa shape index (κ3) is 6.92. The molecule has 0 radical (unpaired) electrons. The molecule has 0 aliphatic carbocycles. The number of amides is 5. The number of hydrogen-bond acceptors (Lipinski definition) is 5. The second-order valence-corrected chi connectivity index (χ2v) is 11.1. The first kappa shape index (κ1) is 30.4. The van der Waals surface area contributed by atoms with Gasteiger partial charge in [-0.1, -0.05) is 61.5 Å². The van der Waals surface area contributed by atoms with Crippen LogP contribution >= 0.6 is 0 Å². The molecular weight excluding hydrogens is 558 g/mol. The number of hydrogen-bond donors (Lipinski definition) is 4. The Morgan fingerprint density at radius 2 is 1.68 bits per heavy atom. The molecule has 5 rings (SSSR count). The Kier molecular flexibility index (Phi) is 9.30. The lowest BCUT2D eigenvalue weighted by atomic mass is 9.99. The van der Waals surface area contributed by atoms with E-state index in [9.17, 15) is 19.5 Å². The minimum atomic E-state index is -0.463. The van der Waals surface area contributed by atoms with Gasteiger partial charge in [0.05, 0.1) is 30.4 Å². The molecule has 44 heavy (non-hydrogen) atoms. The molecule has 10 nitrogen and oxygen atoms in total. The first-order valence-corrected chi connectivity index (χ1v) is 14.6. The molecule has 1 heterocycles. The van der Waals surface area contributed by atoms with Crippen LogP contribution in [-0.4, -0.2) is 71.8 Å². The fourth-order valence-corrected chi connectivity index (χ4v) is 5.23. The lowest BCUT2D eigenvalue weighted by Crippen LogP contribution is -2.50. The number of carbonyl (C=O) groups excluding carboxylic acids is 3. The van der Waals surface area contributed by atoms with Crippen LogP contribution in [0.2, 0.25) is 0 Å². The molecule has 0 spiro atoms. The summed E-state index contributed by atoms with van der Waals surface area (Å²) in [5, 5.41) is 20.5. The second-order valence-electron chi connectivity index (χ2n) is 11.1. The summed E-state index contributed by atoms with van der Waals surface area (Å²) in [6.07, 6.45) is -0.463. The number of carbonyl (C=O) groups is 3. The molecule has 1 aliphatic heterocycles. The van der Waals surface area contributed by atoms with Crippen molar-refractivity contribution in [2.24, 2.45) is 5.92 Å². The largest absolute Gasteiger partial charge is 0.487 e. The molecule has 4 N–H and O–H groups in total. The van der Waals surface area contributed by atoms with Crippen LogP contribution in [0.1, 0.15) is 24.2 Å². The number of urea groups is 2. The summed E-state index contributed by atoms with van der Waals surface area (Å²) >= 11 is 0. The van der Waals surface area contributed by atoms with Crippen LogP contribution in [0.3, 0.4) is 0 Å². The van der Waals surface area contributed by atoms with Gasteiger partial charge in [0, 0.05) is 36.3 Å². The smallest absolute Gasteiger partial charge is 0.323 e. The van der Waals surface area contributed by atoms with Gasteiger partial charge in [0.2, 0.25) is 0 Å². The number of nitrogens with one attached hydrogen (secondary N) is 3. The van der Waals surface area contributed by atoms with E-state index >= 15 is 0 Å². The summed E-state index contributed by atoms with van der Waals surface area (Å²) in [7, 11) is 1.69. The average Bonchev–Trinajstić information content (AvgIpc) is 3.03. The summed E-state index contributed by atoms with van der Waals surface area (Å²) in [5.41, 5.74) is 1.99. The zero-order chi connectivity index (χ0) is 31.2. The molecule has 228 valence electrons. The summed E-state index contributed by atoms with van der Waals surface area (Å²) < 4.78 is 6.40. The topological polar surface area (TPSA) is 123 Å². The predicted molar refractivity (Wildman–Crippen MR) is 172 cm³/mol. The van der Waals surface area contributed by atoms with Crippen LogP contribution < -0.4 is 20.7 Å². The number of benzene rings is 4. The van der Waals surface area contributed by atoms with E-state index in [1.54, 1.807) is 42.0 Å². The standard InChI is InChI=1S/C34H37N5O5/c1-22-19-39(23(2)21-40)32(41)28-18-26(35-33(42)37-29-15-9-11-24-10-7-8-14-27(24)29)16-17-30(28)44-31(22)20-38(3)34(43)36-25-12-5-4-6-13-25/h4-18,22-23,31,40H,19-21H2,1-3H3,(H,36,43)(H2,35,37,42)/t22-,23-,31-/m1/s1. The number of aliphatic hydroxyl groups excluding tert-OH is 1. The van der Waals surface area contributed by atoms with Crippen molar-refractivity contribution in [2.75, 3.05) is 42.7 Å². The Hall–Kier alpha value is -5.09. The summed E-state index contributed by atoms with van der Waals surface area (Å²) in [5.74, 6) is -0.156. The van der Waals surface area contributed by atoms with E-state index in [4.69, 9.17) is 4.74 Å². The molecule has 0 saturated heterocycles. The summed E-state index contributed by atoms with van der Waals surface area (Å²) in [6.45, 7) is 4.07. The minimum absolute atomic E-state index is 0.169. The number of rotatable bonds is 7. The van der Waals surface area contributed by atoms with Crippen molar-refractivity contribution >= 4 is 45.8 Å². The van der Waals surface area contributed by atoms with Crippen molar-refractivity contribution in [1.29, 1.82) is 0 Å². The maximum Gasteiger partial charge on any atom is 0.323 e. The third-order valence-electron chi connectivity index (χ3n) is 7.79. The number of likely N-dealkylation sites (N-methyl/N-ethyl adjacent to an activating group) is 1. The van der Waals surface area contributed by atoms with Gasteiger partial charge < -0.3 is 35.6 Å². The Morgan fingerprint density at radius 1 is 0.955 bits per heavy atom. The quantitative estimate of drug-likeness (QED) is 0.213. The molecule has 0 unspecified atom stereocenters. The van der Waals surface area contributed by atoms with Crippen LogP contribution in [0, 0.1) is 5.92 Å². The van der Waals surface area contributed by atoms with Crippen molar-refractivity contribution in [1.82, 2.24) is 9.80 Å². The normalized spacial score (nSPS) is 17.0. The maximum atomic E-state index is 13.8. The molecule has 4 aromatic carbocycles. The molecule has 5 amide bonds. The number of ether oxygens (including phenoxy) is 1. The van der Waals surface area contributed by atoms with Crippen LogP contribution in [0.5, 0.6) is 5.75 Å². The monoisotopic (exact) mass is 595 g/mol. The second kappa shape index (κ2) is 13.5. The molecule has 10 heteroatoms. The fourth-order valence-electron chi connectivity index (χ4n) is 5.23. The Labute approximate surface area is 256 Å². The van der Waals surface area contributed by atoms with Crippen LogP contribution in [0.15, 0.2) is 91.0 Å². The van der Waals surface area contributed by atoms with Gasteiger partial charge in [-0.2, -0.15) is 0 Å². The van der Waals surface area contributed by atoms with Crippen molar-refractivity contribution < 1.29 is 24.2 Å². The minimum Gasteiger partial charge on any atom is -0.487 e. The number of anilines is 3. The fraction of sp³-hybridized carbons (Fsp3) is 0.265. The van der Waals surface area contributed by atoms with Crippen LogP contribution in [0.25, 0.3) is 10.8 Å².